The van der Waals surface area contributed by atoms with E-state index in [0.29, 0.717) is 17.2 Å². The maximum Gasteiger partial charge on any atom is 0.255 e. The van der Waals surface area contributed by atoms with Gasteiger partial charge in [-0.25, -0.2) is 9.97 Å². The van der Waals surface area contributed by atoms with E-state index < -0.39 is 0 Å². The molecule has 0 bridgehead atoms. The minimum Gasteiger partial charge on any atom is -0.392 e. The Kier molecular flexibility index (Phi) is 6.76. The summed E-state index contributed by atoms with van der Waals surface area (Å²) in [6.45, 7) is 3.85. The summed E-state index contributed by atoms with van der Waals surface area (Å²) in [7, 11) is 0. The maximum atomic E-state index is 12.7. The molecule has 1 heterocycles. The number of hydrogen-bond donors (Lipinski definition) is 3. The third kappa shape index (κ3) is 5.61. The zero-order valence-corrected chi connectivity index (χ0v) is 18.7. The second-order valence-corrected chi connectivity index (χ2v) is 7.95. The van der Waals surface area contributed by atoms with Crippen molar-refractivity contribution in [3.05, 3.63) is 113 Å². The van der Waals surface area contributed by atoms with E-state index in [0.717, 1.165) is 34.5 Å². The number of anilines is 3. The van der Waals surface area contributed by atoms with E-state index in [-0.39, 0.29) is 12.5 Å². The number of benzene rings is 3. The highest BCUT2D eigenvalue weighted by atomic mass is 16.3. The van der Waals surface area contributed by atoms with Crippen LogP contribution in [-0.4, -0.2) is 21.0 Å². The number of nitrogens with one attached hydrogen (secondary N) is 2. The Morgan fingerprint density at radius 2 is 1.67 bits per heavy atom. The SMILES string of the molecule is Cc1ccc(CO)cc1NC(=O)c1ccc(Nc2ncc(C)c(Cc3ccccc3)n2)cc1. The van der Waals surface area contributed by atoms with Gasteiger partial charge in [0.25, 0.3) is 5.91 Å². The second-order valence-electron chi connectivity index (χ2n) is 7.95. The van der Waals surface area contributed by atoms with Crippen LogP contribution in [0.1, 0.15) is 38.3 Å². The van der Waals surface area contributed by atoms with Crippen molar-refractivity contribution in [1.82, 2.24) is 9.97 Å². The van der Waals surface area contributed by atoms with Crippen LogP contribution in [0, 0.1) is 13.8 Å². The Morgan fingerprint density at radius 3 is 2.39 bits per heavy atom. The summed E-state index contributed by atoms with van der Waals surface area (Å²) in [5, 5.41) is 15.5. The quantitative estimate of drug-likeness (QED) is 0.370. The first-order valence-electron chi connectivity index (χ1n) is 10.8. The van der Waals surface area contributed by atoms with Crippen LogP contribution >= 0.6 is 0 Å². The molecular formula is C27H26N4O2. The first kappa shape index (κ1) is 22.2. The Bertz CT molecular complexity index is 1260. The molecule has 0 saturated carbocycles. The van der Waals surface area contributed by atoms with Crippen LogP contribution in [0.5, 0.6) is 0 Å². The Balaban J connectivity index is 1.44. The predicted molar refractivity (Wildman–Crippen MR) is 131 cm³/mol. The third-order valence-corrected chi connectivity index (χ3v) is 5.43. The standard InChI is InChI=1S/C27H26N4O2/c1-18-8-9-21(17-32)15-24(18)30-26(33)22-10-12-23(13-11-22)29-27-28-16-19(2)25(31-27)14-20-6-4-3-5-7-20/h3-13,15-16,32H,14,17H2,1-2H3,(H,30,33)(H,28,29,31). The monoisotopic (exact) mass is 438 g/mol. The normalized spacial score (nSPS) is 10.6. The molecule has 0 aliphatic heterocycles. The van der Waals surface area contributed by atoms with E-state index >= 15 is 0 Å². The fourth-order valence-corrected chi connectivity index (χ4v) is 3.44. The van der Waals surface area contributed by atoms with Crippen LogP contribution < -0.4 is 10.6 Å². The van der Waals surface area contributed by atoms with Gasteiger partial charge in [0.05, 0.1) is 12.3 Å². The topological polar surface area (TPSA) is 87.1 Å². The molecule has 1 aromatic heterocycles. The number of aryl methyl sites for hydroxylation is 2. The van der Waals surface area contributed by atoms with Crippen molar-refractivity contribution in [3.8, 4) is 0 Å². The molecule has 0 spiro atoms. The number of aromatic nitrogens is 2. The van der Waals surface area contributed by atoms with Crippen LogP contribution in [0.25, 0.3) is 0 Å². The van der Waals surface area contributed by atoms with Crippen LogP contribution in [0.2, 0.25) is 0 Å². The fraction of sp³-hybridized carbons (Fsp3) is 0.148. The van der Waals surface area contributed by atoms with E-state index in [9.17, 15) is 9.90 Å². The minimum atomic E-state index is -0.212. The number of carbonyl (C=O) groups excluding carboxylic acids is 1. The number of aliphatic hydroxyl groups excluding tert-OH is 1. The third-order valence-electron chi connectivity index (χ3n) is 5.43. The average molecular weight is 439 g/mol. The Hall–Kier alpha value is -4.03. The van der Waals surface area contributed by atoms with Gasteiger partial charge in [0.2, 0.25) is 5.95 Å². The van der Waals surface area contributed by atoms with Crippen molar-refractivity contribution < 1.29 is 9.90 Å². The van der Waals surface area contributed by atoms with Crippen molar-refractivity contribution in [2.75, 3.05) is 10.6 Å². The number of carbonyl (C=O) groups is 1. The second kappa shape index (κ2) is 10.1. The summed E-state index contributed by atoms with van der Waals surface area (Å²) in [6.07, 6.45) is 2.55. The summed E-state index contributed by atoms with van der Waals surface area (Å²) < 4.78 is 0. The van der Waals surface area contributed by atoms with E-state index in [4.69, 9.17) is 0 Å². The van der Waals surface area contributed by atoms with Crippen LogP contribution in [0.3, 0.4) is 0 Å². The summed E-state index contributed by atoms with van der Waals surface area (Å²) in [4.78, 5) is 21.7. The van der Waals surface area contributed by atoms with Gasteiger partial charge < -0.3 is 15.7 Å². The molecule has 4 aromatic rings. The van der Waals surface area contributed by atoms with Gasteiger partial charge in [-0.2, -0.15) is 0 Å². The van der Waals surface area contributed by atoms with Crippen molar-refractivity contribution in [3.63, 3.8) is 0 Å². The molecule has 4 rings (SSSR count). The molecule has 6 nitrogen and oxygen atoms in total. The van der Waals surface area contributed by atoms with Gasteiger partial charge >= 0.3 is 0 Å². The minimum absolute atomic E-state index is 0.0718. The van der Waals surface area contributed by atoms with Crippen molar-refractivity contribution >= 4 is 23.2 Å². The zero-order chi connectivity index (χ0) is 23.2. The molecule has 0 radical (unpaired) electrons. The summed E-state index contributed by atoms with van der Waals surface area (Å²) in [5.74, 6) is 0.302. The number of amides is 1. The number of hydrogen-bond acceptors (Lipinski definition) is 5. The highest BCUT2D eigenvalue weighted by molar-refractivity contribution is 6.04. The van der Waals surface area contributed by atoms with E-state index in [1.54, 1.807) is 18.2 Å². The van der Waals surface area contributed by atoms with Crippen LogP contribution in [-0.2, 0) is 13.0 Å². The maximum absolute atomic E-state index is 12.7. The smallest absolute Gasteiger partial charge is 0.255 e. The number of rotatable bonds is 7. The van der Waals surface area contributed by atoms with Gasteiger partial charge in [0.15, 0.2) is 0 Å². The van der Waals surface area contributed by atoms with Gasteiger partial charge in [0.1, 0.15) is 0 Å². The van der Waals surface area contributed by atoms with Gasteiger partial charge in [-0.15, -0.1) is 0 Å². The van der Waals surface area contributed by atoms with Crippen LogP contribution in [0.4, 0.5) is 17.3 Å². The molecule has 33 heavy (non-hydrogen) atoms. The van der Waals surface area contributed by atoms with Crippen LogP contribution in [0.15, 0.2) is 79.0 Å². The lowest BCUT2D eigenvalue weighted by molar-refractivity contribution is 0.102. The molecule has 6 heteroatoms. The molecule has 0 aliphatic carbocycles. The molecule has 0 unspecified atom stereocenters. The lowest BCUT2D eigenvalue weighted by Gasteiger charge is -2.11. The molecule has 0 fully saturated rings. The summed E-state index contributed by atoms with van der Waals surface area (Å²) in [5.41, 5.74) is 6.89. The first-order valence-corrected chi connectivity index (χ1v) is 10.8. The highest BCUT2D eigenvalue weighted by Gasteiger charge is 2.10. The van der Waals surface area contributed by atoms with E-state index in [2.05, 4.69) is 32.7 Å². The van der Waals surface area contributed by atoms with Gasteiger partial charge in [-0.1, -0.05) is 42.5 Å². The zero-order valence-electron chi connectivity index (χ0n) is 18.7. The predicted octanol–water partition coefficient (Wildman–Crippen LogP) is 5.17. The van der Waals surface area contributed by atoms with Crippen molar-refractivity contribution in [2.45, 2.75) is 26.9 Å². The van der Waals surface area contributed by atoms with Crippen molar-refractivity contribution in [1.29, 1.82) is 0 Å². The largest absolute Gasteiger partial charge is 0.392 e. The lowest BCUT2D eigenvalue weighted by atomic mass is 10.1. The molecule has 0 saturated heterocycles. The molecule has 1 amide bonds. The molecule has 3 aromatic carbocycles. The summed E-state index contributed by atoms with van der Waals surface area (Å²) >= 11 is 0. The van der Waals surface area contributed by atoms with E-state index in [1.807, 2.05) is 62.5 Å². The molecule has 0 atom stereocenters. The van der Waals surface area contributed by atoms with Gasteiger partial charge in [-0.05, 0) is 66.4 Å². The number of nitrogens with zero attached hydrogens (tertiary/aromatic N) is 2. The Morgan fingerprint density at radius 1 is 0.909 bits per heavy atom. The molecule has 3 N–H and O–H groups in total. The highest BCUT2D eigenvalue weighted by Crippen LogP contribution is 2.20. The van der Waals surface area contributed by atoms with Gasteiger partial charge in [0, 0.05) is 29.6 Å². The number of aliphatic hydroxyl groups is 1. The molecule has 166 valence electrons. The lowest BCUT2D eigenvalue weighted by Crippen LogP contribution is -2.13. The van der Waals surface area contributed by atoms with E-state index in [1.165, 1.54) is 5.56 Å². The molecule has 0 aliphatic rings. The average Bonchev–Trinajstić information content (AvgIpc) is 2.83. The van der Waals surface area contributed by atoms with Gasteiger partial charge in [-0.3, -0.25) is 4.79 Å². The summed E-state index contributed by atoms with van der Waals surface area (Å²) in [6, 6.07) is 22.9. The molecular weight excluding hydrogens is 412 g/mol. The fourth-order valence-electron chi connectivity index (χ4n) is 3.44. The van der Waals surface area contributed by atoms with Crippen molar-refractivity contribution in [2.24, 2.45) is 0 Å². The Labute approximate surface area is 193 Å². The first-order chi connectivity index (χ1) is 16.0.